The second-order valence-corrected chi connectivity index (χ2v) is 4.53. The monoisotopic (exact) mass is 265 g/mol. The average Bonchev–Trinajstić information content (AvgIpc) is 2.42. The quantitative estimate of drug-likeness (QED) is 0.568. The van der Waals surface area contributed by atoms with Crippen molar-refractivity contribution in [2.75, 3.05) is 13.1 Å². The SMILES string of the molecule is CCC1CCCCN1/C=C(/C#N)C(=O)NCC(=O)O. The first-order valence-corrected chi connectivity index (χ1v) is 6.46. The molecule has 0 radical (unpaired) electrons. The smallest absolute Gasteiger partial charge is 0.322 e. The molecule has 2 N–H and O–H groups in total. The van der Waals surface area contributed by atoms with Crippen LogP contribution in [0.15, 0.2) is 11.8 Å². The summed E-state index contributed by atoms with van der Waals surface area (Å²) < 4.78 is 0. The average molecular weight is 265 g/mol. The van der Waals surface area contributed by atoms with E-state index in [1.54, 1.807) is 6.20 Å². The number of carbonyl (C=O) groups excluding carboxylic acids is 1. The normalized spacial score (nSPS) is 19.7. The number of carboxylic acid groups (broad SMARTS) is 1. The lowest BCUT2D eigenvalue weighted by atomic mass is 10.0. The lowest BCUT2D eigenvalue weighted by Gasteiger charge is -2.34. The Hall–Kier alpha value is -2.03. The summed E-state index contributed by atoms with van der Waals surface area (Å²) in [6.07, 6.45) is 5.79. The largest absolute Gasteiger partial charge is 0.480 e. The molecule has 1 unspecified atom stereocenters. The van der Waals surface area contributed by atoms with Crippen LogP contribution in [0.3, 0.4) is 0 Å². The molecule has 1 saturated heterocycles. The van der Waals surface area contributed by atoms with Crippen LogP contribution in [0.2, 0.25) is 0 Å². The second kappa shape index (κ2) is 7.41. The van der Waals surface area contributed by atoms with Crippen LogP contribution in [-0.2, 0) is 9.59 Å². The van der Waals surface area contributed by atoms with Crippen LogP contribution < -0.4 is 5.32 Å². The predicted molar refractivity (Wildman–Crippen MR) is 69.0 cm³/mol. The van der Waals surface area contributed by atoms with Crippen molar-refractivity contribution in [2.45, 2.75) is 38.6 Å². The number of piperidine rings is 1. The molecule has 0 aromatic carbocycles. The molecule has 0 bridgehead atoms. The van der Waals surface area contributed by atoms with Crippen LogP contribution >= 0.6 is 0 Å². The first-order valence-electron chi connectivity index (χ1n) is 6.46. The van der Waals surface area contributed by atoms with E-state index in [1.165, 1.54) is 0 Å². The number of rotatable bonds is 5. The zero-order chi connectivity index (χ0) is 14.3. The van der Waals surface area contributed by atoms with E-state index >= 15 is 0 Å². The van der Waals surface area contributed by atoms with Gasteiger partial charge in [-0.2, -0.15) is 5.26 Å². The van der Waals surface area contributed by atoms with Crippen LogP contribution in [0.4, 0.5) is 0 Å². The van der Waals surface area contributed by atoms with Crippen molar-refractivity contribution in [1.29, 1.82) is 5.26 Å². The summed E-state index contributed by atoms with van der Waals surface area (Å²) in [5.41, 5.74) is -0.0402. The number of likely N-dealkylation sites (tertiary alicyclic amines) is 1. The molecule has 0 aromatic heterocycles. The standard InChI is InChI=1S/C13H19N3O3/c1-2-11-5-3-4-6-16(11)9-10(7-14)13(19)15-8-12(17)18/h9,11H,2-6,8H2,1H3,(H,15,19)(H,17,18)/b10-9-. The molecule has 1 rings (SSSR count). The molecule has 1 amide bonds. The Labute approximate surface area is 112 Å². The van der Waals surface area contributed by atoms with Gasteiger partial charge < -0.3 is 15.3 Å². The fourth-order valence-electron chi connectivity index (χ4n) is 2.19. The minimum Gasteiger partial charge on any atom is -0.480 e. The molecular formula is C13H19N3O3. The number of carbonyl (C=O) groups is 2. The Morgan fingerprint density at radius 1 is 1.53 bits per heavy atom. The maximum Gasteiger partial charge on any atom is 0.322 e. The molecule has 6 heteroatoms. The van der Waals surface area contributed by atoms with Gasteiger partial charge in [0.15, 0.2) is 0 Å². The fourth-order valence-corrected chi connectivity index (χ4v) is 2.19. The van der Waals surface area contributed by atoms with Crippen LogP contribution in [0.25, 0.3) is 0 Å². The molecule has 0 saturated carbocycles. The van der Waals surface area contributed by atoms with Crippen LogP contribution in [-0.4, -0.2) is 41.0 Å². The number of nitriles is 1. The molecule has 0 spiro atoms. The molecule has 104 valence electrons. The third-order valence-corrected chi connectivity index (χ3v) is 3.20. The summed E-state index contributed by atoms with van der Waals surface area (Å²) in [4.78, 5) is 24.0. The molecule has 0 aromatic rings. The van der Waals surface area contributed by atoms with Gasteiger partial charge in [-0.15, -0.1) is 0 Å². The van der Waals surface area contributed by atoms with Gasteiger partial charge in [-0.25, -0.2) is 0 Å². The van der Waals surface area contributed by atoms with Gasteiger partial charge >= 0.3 is 5.97 Å². The van der Waals surface area contributed by atoms with E-state index < -0.39 is 18.4 Å². The summed E-state index contributed by atoms with van der Waals surface area (Å²) in [7, 11) is 0. The molecule has 1 heterocycles. The van der Waals surface area contributed by atoms with E-state index in [4.69, 9.17) is 10.4 Å². The molecule has 6 nitrogen and oxygen atoms in total. The number of hydrogen-bond acceptors (Lipinski definition) is 4. The maximum absolute atomic E-state index is 11.7. The summed E-state index contributed by atoms with van der Waals surface area (Å²) >= 11 is 0. The van der Waals surface area contributed by atoms with Crippen LogP contribution in [0.5, 0.6) is 0 Å². The number of hydrogen-bond donors (Lipinski definition) is 2. The van der Waals surface area contributed by atoms with Gasteiger partial charge in [0.05, 0.1) is 0 Å². The highest BCUT2D eigenvalue weighted by molar-refractivity contribution is 5.98. The molecular weight excluding hydrogens is 246 g/mol. The zero-order valence-electron chi connectivity index (χ0n) is 11.1. The lowest BCUT2D eigenvalue weighted by molar-refractivity contribution is -0.137. The first kappa shape index (κ1) is 15.0. The Morgan fingerprint density at radius 2 is 2.26 bits per heavy atom. The Bertz CT molecular complexity index is 412. The molecule has 19 heavy (non-hydrogen) atoms. The van der Waals surface area contributed by atoms with Crippen molar-refractivity contribution in [3.63, 3.8) is 0 Å². The zero-order valence-corrected chi connectivity index (χ0v) is 11.1. The van der Waals surface area contributed by atoms with Crippen molar-refractivity contribution in [2.24, 2.45) is 0 Å². The molecule has 1 atom stereocenters. The number of nitrogens with one attached hydrogen (secondary N) is 1. The van der Waals surface area contributed by atoms with E-state index in [-0.39, 0.29) is 5.57 Å². The molecule has 1 aliphatic rings. The summed E-state index contributed by atoms with van der Waals surface area (Å²) in [5.74, 6) is -1.76. The van der Waals surface area contributed by atoms with Gasteiger partial charge in [0.2, 0.25) is 0 Å². The van der Waals surface area contributed by atoms with E-state index in [9.17, 15) is 9.59 Å². The number of carboxylic acids is 1. The van der Waals surface area contributed by atoms with Gasteiger partial charge in [0.1, 0.15) is 18.2 Å². The molecule has 0 aliphatic carbocycles. The minimum absolute atomic E-state index is 0.0402. The van der Waals surface area contributed by atoms with Crippen molar-refractivity contribution >= 4 is 11.9 Å². The molecule has 1 fully saturated rings. The van der Waals surface area contributed by atoms with E-state index in [2.05, 4.69) is 12.2 Å². The summed E-state index contributed by atoms with van der Waals surface area (Å²) in [6, 6.07) is 2.18. The van der Waals surface area contributed by atoms with Crippen molar-refractivity contribution in [1.82, 2.24) is 10.2 Å². The predicted octanol–water partition coefficient (Wildman–Crippen LogP) is 0.859. The number of nitrogens with zero attached hydrogens (tertiary/aromatic N) is 2. The van der Waals surface area contributed by atoms with Crippen molar-refractivity contribution < 1.29 is 14.7 Å². The maximum atomic E-state index is 11.7. The summed E-state index contributed by atoms with van der Waals surface area (Å²) in [6.45, 7) is 2.43. The third-order valence-electron chi connectivity index (χ3n) is 3.20. The van der Waals surface area contributed by atoms with Crippen LogP contribution in [0, 0.1) is 11.3 Å². The van der Waals surface area contributed by atoms with Crippen molar-refractivity contribution in [3.05, 3.63) is 11.8 Å². The Balaban J connectivity index is 2.71. The highest BCUT2D eigenvalue weighted by Crippen LogP contribution is 2.20. The first-order chi connectivity index (χ1) is 9.08. The fraction of sp³-hybridized carbons (Fsp3) is 0.615. The van der Waals surface area contributed by atoms with Crippen molar-refractivity contribution in [3.8, 4) is 6.07 Å². The number of amides is 1. The van der Waals surface area contributed by atoms with Gasteiger partial charge in [-0.05, 0) is 25.7 Å². The highest BCUT2D eigenvalue weighted by Gasteiger charge is 2.20. The molecule has 1 aliphatic heterocycles. The third kappa shape index (κ3) is 4.62. The van der Waals surface area contributed by atoms with Gasteiger partial charge in [0.25, 0.3) is 5.91 Å². The van der Waals surface area contributed by atoms with Gasteiger partial charge in [-0.1, -0.05) is 6.92 Å². The summed E-state index contributed by atoms with van der Waals surface area (Å²) in [5, 5.41) is 19.7. The van der Waals surface area contributed by atoms with Gasteiger partial charge in [0, 0.05) is 18.8 Å². The lowest BCUT2D eigenvalue weighted by Crippen LogP contribution is -2.37. The van der Waals surface area contributed by atoms with E-state index in [1.807, 2.05) is 11.0 Å². The minimum atomic E-state index is -1.13. The Kier molecular flexibility index (Phi) is 5.86. The Morgan fingerprint density at radius 3 is 2.84 bits per heavy atom. The highest BCUT2D eigenvalue weighted by atomic mass is 16.4. The van der Waals surface area contributed by atoms with E-state index in [0.717, 1.165) is 32.2 Å². The number of aliphatic carboxylic acids is 1. The van der Waals surface area contributed by atoms with E-state index in [0.29, 0.717) is 6.04 Å². The topological polar surface area (TPSA) is 93.4 Å². The van der Waals surface area contributed by atoms with Crippen LogP contribution in [0.1, 0.15) is 32.6 Å². The van der Waals surface area contributed by atoms with Gasteiger partial charge in [-0.3, -0.25) is 9.59 Å². The second-order valence-electron chi connectivity index (χ2n) is 4.53.